The highest BCUT2D eigenvalue weighted by Gasteiger charge is 2.26. The number of benzene rings is 1. The Balaban J connectivity index is 1.61. The molecule has 1 aromatic heterocycles. The SMILES string of the molecule is COc1cc2c(cc1CN1CCc3sccc3[C@@H]1C)OCO2. The fourth-order valence-corrected chi connectivity index (χ4v) is 4.24. The summed E-state index contributed by atoms with van der Waals surface area (Å²) in [4.78, 5) is 4.02. The van der Waals surface area contributed by atoms with E-state index in [1.54, 1.807) is 7.11 Å². The third-order valence-corrected chi connectivity index (χ3v) is 5.55. The normalized spacial score (nSPS) is 20.0. The van der Waals surface area contributed by atoms with E-state index in [1.807, 2.05) is 17.4 Å². The van der Waals surface area contributed by atoms with Gasteiger partial charge in [0.2, 0.25) is 6.79 Å². The number of ether oxygens (including phenoxy) is 3. The van der Waals surface area contributed by atoms with Crippen molar-refractivity contribution in [3.63, 3.8) is 0 Å². The summed E-state index contributed by atoms with van der Waals surface area (Å²) >= 11 is 1.87. The molecule has 0 radical (unpaired) electrons. The van der Waals surface area contributed by atoms with Gasteiger partial charge in [0.1, 0.15) is 5.75 Å². The Labute approximate surface area is 134 Å². The third-order valence-electron chi connectivity index (χ3n) is 4.55. The zero-order valence-electron chi connectivity index (χ0n) is 12.8. The molecule has 0 saturated carbocycles. The Kier molecular flexibility index (Phi) is 3.47. The molecule has 4 nitrogen and oxygen atoms in total. The van der Waals surface area contributed by atoms with Crippen molar-refractivity contribution in [1.82, 2.24) is 4.90 Å². The van der Waals surface area contributed by atoms with Crippen molar-refractivity contribution in [1.29, 1.82) is 0 Å². The summed E-state index contributed by atoms with van der Waals surface area (Å²) in [6.07, 6.45) is 1.13. The Morgan fingerprint density at radius 2 is 2.14 bits per heavy atom. The van der Waals surface area contributed by atoms with E-state index in [-0.39, 0.29) is 0 Å². The summed E-state index contributed by atoms with van der Waals surface area (Å²) in [6.45, 7) is 4.51. The van der Waals surface area contributed by atoms with E-state index in [0.29, 0.717) is 12.8 Å². The molecule has 1 atom stereocenters. The fraction of sp³-hybridized carbons (Fsp3) is 0.412. The molecule has 0 saturated heterocycles. The number of rotatable bonds is 3. The van der Waals surface area contributed by atoms with Crippen molar-refractivity contribution >= 4 is 11.3 Å². The quantitative estimate of drug-likeness (QED) is 0.865. The average Bonchev–Trinajstić information content (AvgIpc) is 3.17. The van der Waals surface area contributed by atoms with E-state index in [2.05, 4.69) is 29.3 Å². The molecule has 0 spiro atoms. The minimum Gasteiger partial charge on any atom is -0.496 e. The lowest BCUT2D eigenvalue weighted by molar-refractivity contribution is 0.173. The Morgan fingerprint density at radius 3 is 2.95 bits per heavy atom. The van der Waals surface area contributed by atoms with Gasteiger partial charge in [-0.15, -0.1) is 11.3 Å². The van der Waals surface area contributed by atoms with E-state index in [0.717, 1.165) is 42.3 Å². The number of hydrogen-bond acceptors (Lipinski definition) is 5. The van der Waals surface area contributed by atoms with Gasteiger partial charge in [0, 0.05) is 35.6 Å². The van der Waals surface area contributed by atoms with Crippen molar-refractivity contribution in [3.05, 3.63) is 39.6 Å². The molecule has 0 amide bonds. The van der Waals surface area contributed by atoms with Crippen LogP contribution in [0.3, 0.4) is 0 Å². The van der Waals surface area contributed by atoms with Crippen LogP contribution in [0.2, 0.25) is 0 Å². The van der Waals surface area contributed by atoms with Gasteiger partial charge in [0.25, 0.3) is 0 Å². The lowest BCUT2D eigenvalue weighted by Crippen LogP contribution is -2.32. The molecule has 22 heavy (non-hydrogen) atoms. The molecule has 2 aliphatic heterocycles. The minimum atomic E-state index is 0.292. The number of methoxy groups -OCH3 is 1. The van der Waals surface area contributed by atoms with Crippen LogP contribution in [-0.2, 0) is 13.0 Å². The van der Waals surface area contributed by atoms with E-state index in [9.17, 15) is 0 Å². The molecule has 2 aliphatic rings. The topological polar surface area (TPSA) is 30.9 Å². The molecule has 0 aliphatic carbocycles. The van der Waals surface area contributed by atoms with E-state index >= 15 is 0 Å². The van der Waals surface area contributed by atoms with Crippen LogP contribution in [0.4, 0.5) is 0 Å². The van der Waals surface area contributed by atoms with Crippen molar-refractivity contribution in [3.8, 4) is 17.2 Å². The van der Waals surface area contributed by atoms with Gasteiger partial charge in [-0.1, -0.05) is 0 Å². The number of hydrogen-bond donors (Lipinski definition) is 0. The second-order valence-corrected chi connectivity index (χ2v) is 6.71. The maximum absolute atomic E-state index is 5.54. The molecular formula is C17H19NO3S. The Bertz CT molecular complexity index is 697. The van der Waals surface area contributed by atoms with E-state index in [1.165, 1.54) is 10.4 Å². The highest BCUT2D eigenvalue weighted by molar-refractivity contribution is 7.10. The second-order valence-electron chi connectivity index (χ2n) is 5.71. The van der Waals surface area contributed by atoms with Crippen LogP contribution in [-0.4, -0.2) is 25.3 Å². The zero-order valence-corrected chi connectivity index (χ0v) is 13.6. The lowest BCUT2D eigenvalue weighted by Gasteiger charge is -2.33. The molecule has 0 unspecified atom stereocenters. The monoisotopic (exact) mass is 317 g/mol. The molecule has 1 aromatic carbocycles. The highest BCUT2D eigenvalue weighted by atomic mass is 32.1. The molecule has 0 bridgehead atoms. The van der Waals surface area contributed by atoms with Crippen LogP contribution in [0.5, 0.6) is 17.2 Å². The molecule has 3 heterocycles. The smallest absolute Gasteiger partial charge is 0.231 e. The van der Waals surface area contributed by atoms with Gasteiger partial charge in [-0.25, -0.2) is 0 Å². The van der Waals surface area contributed by atoms with Crippen LogP contribution in [0.25, 0.3) is 0 Å². The fourth-order valence-electron chi connectivity index (χ4n) is 3.28. The molecule has 0 fully saturated rings. The van der Waals surface area contributed by atoms with Crippen molar-refractivity contribution < 1.29 is 14.2 Å². The maximum atomic E-state index is 5.54. The summed E-state index contributed by atoms with van der Waals surface area (Å²) in [5, 5.41) is 2.20. The van der Waals surface area contributed by atoms with Crippen molar-refractivity contribution in [2.45, 2.75) is 25.9 Å². The molecule has 2 aromatic rings. The molecular weight excluding hydrogens is 298 g/mol. The lowest BCUT2D eigenvalue weighted by atomic mass is 10.0. The van der Waals surface area contributed by atoms with E-state index < -0.39 is 0 Å². The molecule has 116 valence electrons. The summed E-state index contributed by atoms with van der Waals surface area (Å²) in [5.74, 6) is 2.46. The first-order valence-corrected chi connectivity index (χ1v) is 8.41. The van der Waals surface area contributed by atoms with Crippen LogP contribution in [0.1, 0.15) is 29.0 Å². The average molecular weight is 317 g/mol. The summed E-state index contributed by atoms with van der Waals surface area (Å²) in [5.41, 5.74) is 2.62. The molecule has 5 heteroatoms. The first-order chi connectivity index (χ1) is 10.8. The Morgan fingerprint density at radius 1 is 1.32 bits per heavy atom. The zero-order chi connectivity index (χ0) is 15.1. The van der Waals surface area contributed by atoms with Crippen LogP contribution in [0, 0.1) is 0 Å². The van der Waals surface area contributed by atoms with E-state index in [4.69, 9.17) is 14.2 Å². The predicted octanol–water partition coefficient (Wildman–Crippen LogP) is 3.60. The highest BCUT2D eigenvalue weighted by Crippen LogP contribution is 2.40. The predicted molar refractivity (Wildman–Crippen MR) is 86.0 cm³/mol. The molecule has 4 rings (SSSR count). The first kappa shape index (κ1) is 13.9. The van der Waals surface area contributed by atoms with Crippen LogP contribution < -0.4 is 14.2 Å². The summed E-state index contributed by atoms with van der Waals surface area (Å²) in [6, 6.07) is 6.68. The number of thiophene rings is 1. The van der Waals surface area contributed by atoms with Gasteiger partial charge < -0.3 is 14.2 Å². The Hall–Kier alpha value is -1.72. The van der Waals surface area contributed by atoms with Crippen LogP contribution in [0.15, 0.2) is 23.6 Å². The largest absolute Gasteiger partial charge is 0.496 e. The summed E-state index contributed by atoms with van der Waals surface area (Å²) in [7, 11) is 1.71. The van der Waals surface area contributed by atoms with Crippen molar-refractivity contribution in [2.24, 2.45) is 0 Å². The van der Waals surface area contributed by atoms with Crippen LogP contribution >= 0.6 is 11.3 Å². The summed E-state index contributed by atoms with van der Waals surface area (Å²) < 4.78 is 16.5. The van der Waals surface area contributed by atoms with Gasteiger partial charge >= 0.3 is 0 Å². The minimum absolute atomic E-state index is 0.292. The molecule has 0 N–H and O–H groups in total. The van der Waals surface area contributed by atoms with Gasteiger partial charge in [-0.2, -0.15) is 0 Å². The maximum Gasteiger partial charge on any atom is 0.231 e. The standard InChI is InChI=1S/C17H19NO3S/c1-11-13-4-6-22-17(13)3-5-18(11)9-12-7-15-16(21-10-20-15)8-14(12)19-2/h4,6-8,11H,3,5,9-10H2,1-2H3/t11-/m0/s1. The van der Waals surface area contributed by atoms with Gasteiger partial charge in [0.15, 0.2) is 11.5 Å². The number of fused-ring (bicyclic) bond motifs is 2. The van der Waals surface area contributed by atoms with Gasteiger partial charge in [-0.05, 0) is 36.4 Å². The van der Waals surface area contributed by atoms with Crippen molar-refractivity contribution in [2.75, 3.05) is 20.4 Å². The third kappa shape index (κ3) is 2.25. The second kappa shape index (κ2) is 5.48. The van der Waals surface area contributed by atoms with Gasteiger partial charge in [0.05, 0.1) is 7.11 Å². The number of nitrogens with zero attached hydrogens (tertiary/aromatic N) is 1. The van der Waals surface area contributed by atoms with Gasteiger partial charge in [-0.3, -0.25) is 4.90 Å². The first-order valence-electron chi connectivity index (χ1n) is 7.53.